The largest absolute Gasteiger partial charge is 0.369 e. The van der Waals surface area contributed by atoms with Gasteiger partial charge in [-0.25, -0.2) is 9.18 Å². The number of benzene rings is 2. The second-order valence-electron chi connectivity index (χ2n) is 8.09. The quantitative estimate of drug-likeness (QED) is 0.616. The lowest BCUT2D eigenvalue weighted by molar-refractivity contribution is -0.120. The molecule has 0 bridgehead atoms. The summed E-state index contributed by atoms with van der Waals surface area (Å²) in [6.45, 7) is 10.4. The number of urea groups is 1. The molecule has 1 fully saturated rings. The molecule has 3 amide bonds. The van der Waals surface area contributed by atoms with Crippen LogP contribution in [-0.4, -0.2) is 56.1 Å². The molecule has 2 aromatic rings. The molecule has 7 nitrogen and oxygen atoms in total. The van der Waals surface area contributed by atoms with Gasteiger partial charge in [0.25, 0.3) is 0 Å². The predicted molar refractivity (Wildman–Crippen MR) is 125 cm³/mol. The van der Waals surface area contributed by atoms with E-state index in [1.165, 1.54) is 12.1 Å². The number of carbonyl (C=O) groups is 2. The Labute approximate surface area is 189 Å². The number of likely N-dealkylation sites (N-methyl/N-ethyl adjacent to an activating group) is 1. The van der Waals surface area contributed by atoms with Crippen molar-refractivity contribution in [2.24, 2.45) is 0 Å². The maximum absolute atomic E-state index is 14.0. The Balaban J connectivity index is 1.56. The summed E-state index contributed by atoms with van der Waals surface area (Å²) in [5, 5.41) is 8.12. The van der Waals surface area contributed by atoms with Crippen LogP contribution in [0.1, 0.15) is 31.0 Å². The van der Waals surface area contributed by atoms with Gasteiger partial charge in [0, 0.05) is 43.1 Å². The Morgan fingerprint density at radius 1 is 1.09 bits per heavy atom. The molecule has 0 radical (unpaired) electrons. The standard InChI is InChI=1S/C24H32FN5O2/c1-4-29-10-12-30(13-11-29)22-9-8-19(25)15-21(22)18(3)27-23(31)16-26-24(32)28-20-7-5-6-17(2)14-20/h5-9,14-15,18H,4,10-13,16H2,1-3H3,(H,27,31)(H2,26,28,32). The van der Waals surface area contributed by atoms with Gasteiger partial charge in [0.1, 0.15) is 5.82 Å². The average Bonchev–Trinajstić information content (AvgIpc) is 2.78. The van der Waals surface area contributed by atoms with E-state index in [1.54, 1.807) is 12.1 Å². The summed E-state index contributed by atoms with van der Waals surface area (Å²) in [6.07, 6.45) is 0. The van der Waals surface area contributed by atoms with Crippen LogP contribution in [0, 0.1) is 12.7 Å². The van der Waals surface area contributed by atoms with Crippen LogP contribution >= 0.6 is 0 Å². The molecule has 0 aliphatic carbocycles. The molecule has 32 heavy (non-hydrogen) atoms. The monoisotopic (exact) mass is 441 g/mol. The minimum atomic E-state index is -0.460. The van der Waals surface area contributed by atoms with Gasteiger partial charge < -0.3 is 25.8 Å². The van der Waals surface area contributed by atoms with Crippen LogP contribution in [0.4, 0.5) is 20.6 Å². The van der Waals surface area contributed by atoms with E-state index in [0.717, 1.165) is 49.5 Å². The van der Waals surface area contributed by atoms with Crippen LogP contribution in [0.25, 0.3) is 0 Å². The first-order valence-corrected chi connectivity index (χ1v) is 11.0. The third-order valence-electron chi connectivity index (χ3n) is 5.68. The first-order chi connectivity index (χ1) is 15.4. The van der Waals surface area contributed by atoms with Crippen LogP contribution < -0.4 is 20.9 Å². The first-order valence-electron chi connectivity index (χ1n) is 11.0. The van der Waals surface area contributed by atoms with Crippen molar-refractivity contribution in [2.75, 3.05) is 49.5 Å². The van der Waals surface area contributed by atoms with E-state index in [4.69, 9.17) is 0 Å². The van der Waals surface area contributed by atoms with Crippen LogP contribution in [0.3, 0.4) is 0 Å². The summed E-state index contributed by atoms with van der Waals surface area (Å²) < 4.78 is 14.0. The molecule has 0 aromatic heterocycles. The molecule has 3 N–H and O–H groups in total. The minimum absolute atomic E-state index is 0.179. The lowest BCUT2D eigenvalue weighted by Crippen LogP contribution is -2.46. The summed E-state index contributed by atoms with van der Waals surface area (Å²) in [5.74, 6) is -0.685. The van der Waals surface area contributed by atoms with Crippen molar-refractivity contribution in [1.29, 1.82) is 0 Å². The van der Waals surface area contributed by atoms with Crippen molar-refractivity contribution in [2.45, 2.75) is 26.8 Å². The normalized spacial score (nSPS) is 15.2. The molecule has 1 heterocycles. The maximum Gasteiger partial charge on any atom is 0.319 e. The molecule has 3 rings (SSSR count). The number of hydrogen-bond donors (Lipinski definition) is 3. The summed E-state index contributed by atoms with van der Waals surface area (Å²) in [4.78, 5) is 29.1. The van der Waals surface area contributed by atoms with Crippen LogP contribution in [0.2, 0.25) is 0 Å². The van der Waals surface area contributed by atoms with Gasteiger partial charge >= 0.3 is 6.03 Å². The van der Waals surface area contributed by atoms with Crippen molar-refractivity contribution in [3.63, 3.8) is 0 Å². The van der Waals surface area contributed by atoms with Gasteiger partial charge in [0.15, 0.2) is 0 Å². The highest BCUT2D eigenvalue weighted by Gasteiger charge is 2.22. The smallest absolute Gasteiger partial charge is 0.319 e. The molecule has 8 heteroatoms. The lowest BCUT2D eigenvalue weighted by atomic mass is 10.0. The van der Waals surface area contributed by atoms with Crippen LogP contribution in [0.15, 0.2) is 42.5 Å². The molecule has 1 saturated heterocycles. The number of carbonyl (C=O) groups excluding carboxylic acids is 2. The van der Waals surface area contributed by atoms with E-state index < -0.39 is 12.1 Å². The Morgan fingerprint density at radius 3 is 2.53 bits per heavy atom. The van der Waals surface area contributed by atoms with Crippen molar-refractivity contribution < 1.29 is 14.0 Å². The van der Waals surface area contributed by atoms with Crippen molar-refractivity contribution in [1.82, 2.24) is 15.5 Å². The zero-order chi connectivity index (χ0) is 23.1. The van der Waals surface area contributed by atoms with Crippen molar-refractivity contribution in [3.05, 3.63) is 59.4 Å². The highest BCUT2D eigenvalue weighted by molar-refractivity contribution is 5.92. The van der Waals surface area contributed by atoms with Gasteiger partial charge in [-0.05, 0) is 56.3 Å². The third-order valence-corrected chi connectivity index (χ3v) is 5.68. The molecule has 1 unspecified atom stereocenters. The number of halogens is 1. The number of piperazine rings is 1. The van der Waals surface area contributed by atoms with E-state index in [1.807, 2.05) is 32.0 Å². The summed E-state index contributed by atoms with van der Waals surface area (Å²) in [7, 11) is 0. The fraction of sp³-hybridized carbons (Fsp3) is 0.417. The molecular weight excluding hydrogens is 409 g/mol. The highest BCUT2D eigenvalue weighted by Crippen LogP contribution is 2.28. The Bertz CT molecular complexity index is 944. The van der Waals surface area contributed by atoms with Crippen molar-refractivity contribution in [3.8, 4) is 0 Å². The summed E-state index contributed by atoms with van der Waals surface area (Å²) in [6, 6.07) is 11.2. The maximum atomic E-state index is 14.0. The fourth-order valence-electron chi connectivity index (χ4n) is 3.89. The van der Waals surface area contributed by atoms with E-state index in [-0.39, 0.29) is 18.3 Å². The van der Waals surface area contributed by atoms with E-state index >= 15 is 0 Å². The van der Waals surface area contributed by atoms with E-state index in [9.17, 15) is 14.0 Å². The van der Waals surface area contributed by atoms with Crippen LogP contribution in [0.5, 0.6) is 0 Å². The second kappa shape index (κ2) is 10.9. The van der Waals surface area contributed by atoms with Crippen molar-refractivity contribution >= 4 is 23.3 Å². The number of hydrogen-bond acceptors (Lipinski definition) is 4. The fourth-order valence-corrected chi connectivity index (χ4v) is 3.89. The molecule has 1 aliphatic heterocycles. The van der Waals surface area contributed by atoms with Gasteiger partial charge in [0.2, 0.25) is 5.91 Å². The van der Waals surface area contributed by atoms with Gasteiger partial charge in [-0.2, -0.15) is 0 Å². The molecule has 172 valence electrons. The number of anilines is 2. The summed E-state index contributed by atoms with van der Waals surface area (Å²) in [5.41, 5.74) is 3.34. The lowest BCUT2D eigenvalue weighted by Gasteiger charge is -2.37. The van der Waals surface area contributed by atoms with E-state index in [2.05, 4.69) is 32.7 Å². The molecule has 1 aliphatic rings. The SMILES string of the molecule is CCN1CCN(c2ccc(F)cc2C(C)NC(=O)CNC(=O)Nc2cccc(C)c2)CC1. The Morgan fingerprint density at radius 2 is 1.84 bits per heavy atom. The highest BCUT2D eigenvalue weighted by atomic mass is 19.1. The molecule has 0 spiro atoms. The molecule has 0 saturated carbocycles. The van der Waals surface area contributed by atoms with Gasteiger partial charge in [-0.3, -0.25) is 4.79 Å². The number of nitrogens with one attached hydrogen (secondary N) is 3. The number of amides is 3. The number of rotatable bonds is 7. The zero-order valence-electron chi connectivity index (χ0n) is 19.0. The Hall–Kier alpha value is -3.13. The number of aryl methyl sites for hydroxylation is 1. The molecule has 1 atom stereocenters. The predicted octanol–water partition coefficient (Wildman–Crippen LogP) is 3.27. The first kappa shape index (κ1) is 23.5. The van der Waals surface area contributed by atoms with Crippen LogP contribution in [-0.2, 0) is 4.79 Å². The topological polar surface area (TPSA) is 76.7 Å². The Kier molecular flexibility index (Phi) is 8.05. The van der Waals surface area contributed by atoms with E-state index in [0.29, 0.717) is 5.69 Å². The summed E-state index contributed by atoms with van der Waals surface area (Å²) >= 11 is 0. The second-order valence-corrected chi connectivity index (χ2v) is 8.09. The van der Waals surface area contributed by atoms with Gasteiger partial charge in [-0.1, -0.05) is 19.1 Å². The average molecular weight is 442 g/mol. The third kappa shape index (κ3) is 6.43. The van der Waals surface area contributed by atoms with Gasteiger partial charge in [-0.15, -0.1) is 0 Å². The molecule has 2 aromatic carbocycles. The van der Waals surface area contributed by atoms with Gasteiger partial charge in [0.05, 0.1) is 12.6 Å². The zero-order valence-corrected chi connectivity index (χ0v) is 19.0. The number of nitrogens with zero attached hydrogens (tertiary/aromatic N) is 2. The minimum Gasteiger partial charge on any atom is -0.369 e. The molecular formula is C24H32FN5O2.